The van der Waals surface area contributed by atoms with Gasteiger partial charge in [0.15, 0.2) is 10.7 Å². The Balaban J connectivity index is 0.992. The maximum Gasteiger partial charge on any atom is 0.340 e. The third-order valence-electron chi connectivity index (χ3n) is 8.64. The zero-order chi connectivity index (χ0) is 33.7. The first kappa shape index (κ1) is 33.2. The number of fused-ring (bicyclic) bond motifs is 6. The van der Waals surface area contributed by atoms with Crippen LogP contribution in [0.25, 0.3) is 0 Å². The smallest absolute Gasteiger partial charge is 0.340 e. The molecule has 1 amide bonds. The number of esters is 1. The molecule has 0 aliphatic carbocycles. The Kier molecular flexibility index (Phi) is 10.1. The van der Waals surface area contributed by atoms with E-state index in [2.05, 4.69) is 28.6 Å². The van der Waals surface area contributed by atoms with E-state index in [1.165, 1.54) is 24.3 Å². The van der Waals surface area contributed by atoms with Gasteiger partial charge in [0.1, 0.15) is 23.0 Å². The first-order chi connectivity index (χ1) is 23.3. The fourth-order valence-electron chi connectivity index (χ4n) is 6.26. The van der Waals surface area contributed by atoms with Gasteiger partial charge in [-0.3, -0.25) is 4.79 Å². The van der Waals surface area contributed by atoms with Crippen molar-refractivity contribution in [2.75, 3.05) is 24.2 Å². The Bertz CT molecular complexity index is 1780. The van der Waals surface area contributed by atoms with Crippen molar-refractivity contribution in [1.82, 2.24) is 10.6 Å². The minimum Gasteiger partial charge on any atom is -0.508 e. The van der Waals surface area contributed by atoms with Crippen molar-refractivity contribution in [2.24, 2.45) is 5.92 Å². The van der Waals surface area contributed by atoms with Gasteiger partial charge < -0.3 is 35.6 Å². The highest BCUT2D eigenvalue weighted by Gasteiger charge is 2.53. The average Bonchev–Trinajstić information content (AvgIpc) is 3.36. The van der Waals surface area contributed by atoms with E-state index in [1.807, 2.05) is 42.5 Å². The van der Waals surface area contributed by atoms with Crippen LogP contribution in [0.2, 0.25) is 0 Å². The van der Waals surface area contributed by atoms with Crippen LogP contribution in [0.5, 0.6) is 23.0 Å². The number of anilines is 1. The molecule has 0 saturated heterocycles. The lowest BCUT2D eigenvalue weighted by Gasteiger charge is -2.36. The monoisotopic (exact) mass is 683 g/mol. The van der Waals surface area contributed by atoms with Crippen molar-refractivity contribution in [1.29, 1.82) is 0 Å². The molecule has 4 aromatic rings. The number of unbranched alkanes of at least 4 members (excludes halogenated alkanes) is 3. The molecule has 2 heterocycles. The minimum atomic E-state index is -1.31. The first-order valence-electron chi connectivity index (χ1n) is 16.0. The molecule has 48 heavy (non-hydrogen) atoms. The van der Waals surface area contributed by atoms with Crippen molar-refractivity contribution in [2.45, 2.75) is 37.7 Å². The molecular formula is C37H37N3O6S2. The fraction of sp³-hybridized carbons (Fsp3) is 0.270. The standard InChI is InChI=1S/C37H37N3O6S2/c41-26-11-14-30-32(20-26)45-33-21-27(42)12-15-31(33)37(30)29-13-10-25(19-28(29)35(44)46-37)40-36(48)39-17-7-2-1-6-16-38-34(43)24(22-47)18-23-8-4-3-5-9-23/h3-5,8-15,19-21,24,41-42,47H,1-2,6-7,16-18,22H2,(H,38,43)(H2,39,40,48). The Morgan fingerprint density at radius 3 is 2.08 bits per heavy atom. The molecule has 9 nitrogen and oxygen atoms in total. The molecule has 0 fully saturated rings. The molecular weight excluding hydrogens is 647 g/mol. The van der Waals surface area contributed by atoms with Crippen LogP contribution in [-0.4, -0.2) is 46.0 Å². The molecule has 1 unspecified atom stereocenters. The topological polar surface area (TPSA) is 129 Å². The van der Waals surface area contributed by atoms with Crippen LogP contribution in [0.15, 0.2) is 84.9 Å². The first-order valence-corrected chi connectivity index (χ1v) is 17.0. The van der Waals surface area contributed by atoms with Crippen molar-refractivity contribution < 1.29 is 29.3 Å². The van der Waals surface area contributed by atoms with E-state index < -0.39 is 11.6 Å². The zero-order valence-electron chi connectivity index (χ0n) is 26.2. The zero-order valence-corrected chi connectivity index (χ0v) is 27.9. The molecule has 0 bridgehead atoms. The summed E-state index contributed by atoms with van der Waals surface area (Å²) in [6.45, 7) is 1.32. The molecule has 6 rings (SSSR count). The van der Waals surface area contributed by atoms with Crippen molar-refractivity contribution >= 4 is 47.5 Å². The summed E-state index contributed by atoms with van der Waals surface area (Å²) in [7, 11) is 0. The van der Waals surface area contributed by atoms with Crippen LogP contribution in [-0.2, 0) is 21.6 Å². The lowest BCUT2D eigenvalue weighted by Crippen LogP contribution is -2.33. The van der Waals surface area contributed by atoms with Crippen molar-refractivity contribution in [3.63, 3.8) is 0 Å². The van der Waals surface area contributed by atoms with E-state index >= 15 is 0 Å². The highest BCUT2D eigenvalue weighted by Crippen LogP contribution is 2.57. The molecule has 5 N–H and O–H groups in total. The Labute approximate surface area is 290 Å². The number of thiocarbonyl (C=S) groups is 1. The number of carbonyl (C=O) groups excluding carboxylic acids is 2. The number of ether oxygens (including phenoxy) is 2. The van der Waals surface area contributed by atoms with Crippen LogP contribution in [0, 0.1) is 5.92 Å². The van der Waals surface area contributed by atoms with Gasteiger partial charge in [-0.1, -0.05) is 49.2 Å². The van der Waals surface area contributed by atoms with Crippen LogP contribution in [0.1, 0.15) is 58.3 Å². The van der Waals surface area contributed by atoms with Gasteiger partial charge in [0.25, 0.3) is 0 Å². The normalized spacial score (nSPS) is 14.1. The summed E-state index contributed by atoms with van der Waals surface area (Å²) >= 11 is 9.89. The second kappa shape index (κ2) is 14.6. The number of aromatic hydroxyl groups is 2. The van der Waals surface area contributed by atoms with Crippen molar-refractivity contribution in [3.05, 3.63) is 113 Å². The number of thiol groups is 1. The number of phenolic OH excluding ortho intramolecular Hbond substituents is 2. The highest BCUT2D eigenvalue weighted by molar-refractivity contribution is 7.80. The van der Waals surface area contributed by atoms with E-state index in [0.29, 0.717) is 69.8 Å². The summed E-state index contributed by atoms with van der Waals surface area (Å²) in [5.41, 5.74) is 2.57. The SMILES string of the molecule is O=C1OC2(c3ccc(O)cc3Oc3cc(O)ccc32)c2ccc(NC(=S)NCCCCCCNC(=O)C(CS)Cc3ccccc3)cc21. The van der Waals surface area contributed by atoms with Gasteiger partial charge in [-0.2, -0.15) is 12.6 Å². The second-order valence-corrected chi connectivity index (χ2v) is 12.7. The van der Waals surface area contributed by atoms with Gasteiger partial charge in [0.2, 0.25) is 5.91 Å². The number of carbonyl (C=O) groups is 2. The average molecular weight is 684 g/mol. The number of amides is 1. The quantitative estimate of drug-likeness (QED) is 0.0434. The largest absolute Gasteiger partial charge is 0.508 e. The molecule has 1 atom stereocenters. The number of benzene rings is 4. The summed E-state index contributed by atoms with van der Waals surface area (Å²) < 4.78 is 12.1. The maximum atomic E-state index is 13.3. The van der Waals surface area contributed by atoms with Crippen LogP contribution >= 0.6 is 24.8 Å². The fourth-order valence-corrected chi connectivity index (χ4v) is 6.77. The van der Waals surface area contributed by atoms with E-state index in [1.54, 1.807) is 18.2 Å². The van der Waals surface area contributed by atoms with Crippen LogP contribution in [0.4, 0.5) is 5.69 Å². The molecule has 2 aliphatic rings. The lowest BCUT2D eigenvalue weighted by molar-refractivity contribution is -0.124. The van der Waals surface area contributed by atoms with Gasteiger partial charge in [-0.05, 0) is 73.4 Å². The number of hydrogen-bond donors (Lipinski definition) is 6. The number of phenols is 2. The maximum absolute atomic E-state index is 13.3. The van der Waals surface area contributed by atoms with Crippen LogP contribution < -0.4 is 20.7 Å². The summed E-state index contributed by atoms with van der Waals surface area (Å²) in [5, 5.41) is 30.1. The lowest BCUT2D eigenvalue weighted by atomic mass is 9.77. The van der Waals surface area contributed by atoms with E-state index in [0.717, 1.165) is 31.2 Å². The van der Waals surface area contributed by atoms with Gasteiger partial charge in [0, 0.05) is 53.4 Å². The summed E-state index contributed by atoms with van der Waals surface area (Å²) in [6.07, 6.45) is 4.46. The van der Waals surface area contributed by atoms with Gasteiger partial charge in [-0.15, -0.1) is 0 Å². The van der Waals surface area contributed by atoms with E-state index in [9.17, 15) is 19.8 Å². The number of hydrogen-bond acceptors (Lipinski definition) is 8. The predicted molar refractivity (Wildman–Crippen MR) is 191 cm³/mol. The second-order valence-electron chi connectivity index (χ2n) is 11.9. The van der Waals surface area contributed by atoms with Gasteiger partial charge in [0.05, 0.1) is 11.5 Å². The highest BCUT2D eigenvalue weighted by atomic mass is 32.1. The molecule has 0 radical (unpaired) electrons. The summed E-state index contributed by atoms with van der Waals surface area (Å²) in [6, 6.07) is 24.7. The molecule has 0 saturated carbocycles. The number of rotatable bonds is 12. The predicted octanol–water partition coefficient (Wildman–Crippen LogP) is 6.42. The molecule has 11 heteroatoms. The molecule has 4 aromatic carbocycles. The minimum absolute atomic E-state index is 0.00105. The number of nitrogens with one attached hydrogen (secondary N) is 3. The Morgan fingerprint density at radius 1 is 0.812 bits per heavy atom. The summed E-state index contributed by atoms with van der Waals surface area (Å²) in [5.74, 6) is 0.544. The van der Waals surface area contributed by atoms with Gasteiger partial charge in [-0.25, -0.2) is 4.79 Å². The van der Waals surface area contributed by atoms with Gasteiger partial charge >= 0.3 is 5.97 Å². The van der Waals surface area contributed by atoms with Crippen molar-refractivity contribution in [3.8, 4) is 23.0 Å². The van der Waals surface area contributed by atoms with Crippen LogP contribution in [0.3, 0.4) is 0 Å². The molecule has 1 spiro atoms. The third kappa shape index (κ3) is 6.93. The molecule has 0 aromatic heterocycles. The van der Waals surface area contributed by atoms with E-state index in [4.69, 9.17) is 21.7 Å². The third-order valence-corrected chi connectivity index (χ3v) is 9.32. The van der Waals surface area contributed by atoms with E-state index in [-0.39, 0.29) is 23.3 Å². The Morgan fingerprint density at radius 2 is 1.44 bits per heavy atom. The molecule has 248 valence electrons. The molecule has 2 aliphatic heterocycles. The summed E-state index contributed by atoms with van der Waals surface area (Å²) in [4.78, 5) is 25.9. The Hall–Kier alpha value is -4.74.